The second-order valence-corrected chi connectivity index (χ2v) is 8.45. The summed E-state index contributed by atoms with van der Waals surface area (Å²) in [4.78, 5) is 65.5. The van der Waals surface area contributed by atoms with E-state index in [2.05, 4.69) is 0 Å². The van der Waals surface area contributed by atoms with E-state index in [1.54, 1.807) is 19.6 Å². The SMILES string of the molecule is O=C(c1ccc([N+](=O)[O-])cc1)N1CCN(C(=O)N2CCN(C(=O)c3ccc([N+](=O)[O-])cc3)CC2)CC1. The number of nitro benzene ring substituents is 2. The zero-order chi connectivity index (χ0) is 25.8. The molecule has 0 unspecified atom stereocenters. The monoisotopic (exact) mass is 496 g/mol. The van der Waals surface area contributed by atoms with Crippen LogP contribution in [0.2, 0.25) is 0 Å². The summed E-state index contributed by atoms with van der Waals surface area (Å²) in [6.07, 6.45) is 0. The Labute approximate surface area is 205 Å². The van der Waals surface area contributed by atoms with Crippen LogP contribution in [0.3, 0.4) is 0 Å². The molecule has 13 heteroatoms. The number of carbonyl (C=O) groups is 3. The van der Waals surface area contributed by atoms with Crippen LogP contribution in [-0.2, 0) is 0 Å². The number of nitro groups is 2. The number of amides is 4. The van der Waals surface area contributed by atoms with Gasteiger partial charge >= 0.3 is 6.03 Å². The minimum atomic E-state index is -0.524. The molecule has 188 valence electrons. The summed E-state index contributed by atoms with van der Waals surface area (Å²) in [6.45, 7) is 2.83. The van der Waals surface area contributed by atoms with Crippen molar-refractivity contribution >= 4 is 29.2 Å². The molecule has 2 aromatic carbocycles. The quantitative estimate of drug-likeness (QED) is 0.463. The van der Waals surface area contributed by atoms with Gasteiger partial charge in [0, 0.05) is 87.8 Å². The summed E-state index contributed by atoms with van der Waals surface area (Å²) in [6, 6.07) is 10.7. The molecule has 2 aliphatic rings. The average Bonchev–Trinajstić information content (AvgIpc) is 2.92. The lowest BCUT2D eigenvalue weighted by Crippen LogP contribution is -2.58. The van der Waals surface area contributed by atoms with Gasteiger partial charge in [0.1, 0.15) is 0 Å². The summed E-state index contributed by atoms with van der Waals surface area (Å²) in [7, 11) is 0. The van der Waals surface area contributed by atoms with E-state index >= 15 is 0 Å². The average molecular weight is 496 g/mol. The van der Waals surface area contributed by atoms with E-state index < -0.39 is 9.85 Å². The maximum absolute atomic E-state index is 13.0. The highest BCUT2D eigenvalue weighted by atomic mass is 16.6. The van der Waals surface area contributed by atoms with Gasteiger partial charge in [-0.25, -0.2) is 4.79 Å². The highest BCUT2D eigenvalue weighted by molar-refractivity contribution is 5.95. The summed E-state index contributed by atoms with van der Waals surface area (Å²) < 4.78 is 0. The van der Waals surface area contributed by atoms with Gasteiger partial charge in [0.05, 0.1) is 9.85 Å². The summed E-state index contributed by atoms with van der Waals surface area (Å²) >= 11 is 0. The molecule has 0 saturated carbocycles. The van der Waals surface area contributed by atoms with Crippen LogP contribution in [0.4, 0.5) is 16.2 Å². The summed E-state index contributed by atoms with van der Waals surface area (Å²) in [5.41, 5.74) is 0.538. The van der Waals surface area contributed by atoms with E-state index in [0.717, 1.165) is 0 Å². The first kappa shape index (κ1) is 24.6. The Morgan fingerprint density at radius 3 is 1.08 bits per heavy atom. The number of carbonyl (C=O) groups excluding carboxylic acids is 3. The highest BCUT2D eigenvalue weighted by Crippen LogP contribution is 2.17. The third kappa shape index (κ3) is 5.24. The van der Waals surface area contributed by atoms with Crippen LogP contribution >= 0.6 is 0 Å². The van der Waals surface area contributed by atoms with E-state index in [1.165, 1.54) is 48.5 Å². The van der Waals surface area contributed by atoms with Crippen LogP contribution in [0.5, 0.6) is 0 Å². The molecule has 0 atom stereocenters. The fraction of sp³-hybridized carbons (Fsp3) is 0.348. The molecule has 0 aromatic heterocycles. The molecule has 0 bridgehead atoms. The molecular weight excluding hydrogens is 472 g/mol. The molecule has 2 fully saturated rings. The van der Waals surface area contributed by atoms with Crippen molar-refractivity contribution in [3.63, 3.8) is 0 Å². The first-order valence-corrected chi connectivity index (χ1v) is 11.4. The van der Waals surface area contributed by atoms with Gasteiger partial charge in [0.15, 0.2) is 0 Å². The van der Waals surface area contributed by atoms with Gasteiger partial charge in [-0.05, 0) is 24.3 Å². The van der Waals surface area contributed by atoms with Crippen molar-refractivity contribution in [2.75, 3.05) is 52.4 Å². The zero-order valence-electron chi connectivity index (χ0n) is 19.3. The van der Waals surface area contributed by atoms with Crippen LogP contribution in [0, 0.1) is 20.2 Å². The number of nitrogens with zero attached hydrogens (tertiary/aromatic N) is 6. The molecule has 4 rings (SSSR count). The summed E-state index contributed by atoms with van der Waals surface area (Å²) in [5.74, 6) is -0.481. The predicted octanol–water partition coefficient (Wildman–Crippen LogP) is 1.84. The van der Waals surface area contributed by atoms with Gasteiger partial charge in [-0.1, -0.05) is 0 Å². The number of piperazine rings is 2. The Morgan fingerprint density at radius 1 is 0.528 bits per heavy atom. The zero-order valence-corrected chi connectivity index (χ0v) is 19.3. The van der Waals surface area contributed by atoms with Gasteiger partial charge < -0.3 is 19.6 Å². The van der Waals surface area contributed by atoms with E-state index in [0.29, 0.717) is 63.5 Å². The van der Waals surface area contributed by atoms with Crippen molar-refractivity contribution < 1.29 is 24.2 Å². The Hall–Kier alpha value is -4.55. The number of benzene rings is 2. The third-order valence-electron chi connectivity index (χ3n) is 6.32. The molecule has 2 aliphatic heterocycles. The third-order valence-corrected chi connectivity index (χ3v) is 6.32. The van der Waals surface area contributed by atoms with Crippen molar-refractivity contribution in [2.24, 2.45) is 0 Å². The lowest BCUT2D eigenvalue weighted by atomic mass is 10.1. The number of urea groups is 1. The Bertz CT molecular complexity index is 1080. The second kappa shape index (κ2) is 10.4. The van der Waals surface area contributed by atoms with Crippen LogP contribution in [0.25, 0.3) is 0 Å². The number of non-ortho nitro benzene ring substituents is 2. The highest BCUT2D eigenvalue weighted by Gasteiger charge is 2.31. The van der Waals surface area contributed by atoms with E-state index in [1.807, 2.05) is 0 Å². The fourth-order valence-electron chi connectivity index (χ4n) is 4.22. The normalized spacial score (nSPS) is 16.0. The maximum Gasteiger partial charge on any atom is 0.320 e. The van der Waals surface area contributed by atoms with Crippen LogP contribution in [0.15, 0.2) is 48.5 Å². The van der Waals surface area contributed by atoms with E-state index in [4.69, 9.17) is 0 Å². The van der Waals surface area contributed by atoms with Crippen LogP contribution < -0.4 is 0 Å². The largest absolute Gasteiger partial charge is 0.335 e. The minimum absolute atomic E-state index is 0.0866. The fourth-order valence-corrected chi connectivity index (χ4v) is 4.22. The molecule has 0 aliphatic carbocycles. The van der Waals surface area contributed by atoms with Crippen molar-refractivity contribution in [2.45, 2.75) is 0 Å². The van der Waals surface area contributed by atoms with E-state index in [-0.39, 0.29) is 29.2 Å². The van der Waals surface area contributed by atoms with Gasteiger partial charge in [0.25, 0.3) is 23.2 Å². The molecule has 2 aromatic rings. The molecule has 2 saturated heterocycles. The molecule has 0 radical (unpaired) electrons. The smallest absolute Gasteiger partial charge is 0.320 e. The standard InChI is InChI=1S/C23H24N6O7/c30-21(17-1-5-19(6-2-17)28(33)34)24-9-13-26(14-10-24)23(32)27-15-11-25(12-16-27)22(31)18-3-7-20(8-4-18)29(35)36/h1-8H,9-16H2. The summed E-state index contributed by atoms with van der Waals surface area (Å²) in [5, 5.41) is 21.6. The lowest BCUT2D eigenvalue weighted by molar-refractivity contribution is -0.385. The van der Waals surface area contributed by atoms with Crippen molar-refractivity contribution in [3.05, 3.63) is 79.9 Å². The van der Waals surface area contributed by atoms with Crippen molar-refractivity contribution in [1.29, 1.82) is 0 Å². The van der Waals surface area contributed by atoms with Gasteiger partial charge in [-0.15, -0.1) is 0 Å². The molecule has 36 heavy (non-hydrogen) atoms. The van der Waals surface area contributed by atoms with Crippen molar-refractivity contribution in [3.8, 4) is 0 Å². The van der Waals surface area contributed by atoms with Gasteiger partial charge in [-0.2, -0.15) is 0 Å². The minimum Gasteiger partial charge on any atom is -0.335 e. The van der Waals surface area contributed by atoms with Crippen LogP contribution in [-0.4, -0.2) is 99.6 Å². The molecule has 0 N–H and O–H groups in total. The second-order valence-electron chi connectivity index (χ2n) is 8.45. The number of hydrogen-bond acceptors (Lipinski definition) is 7. The van der Waals surface area contributed by atoms with Gasteiger partial charge in [0.2, 0.25) is 0 Å². The topological polar surface area (TPSA) is 150 Å². The first-order valence-electron chi connectivity index (χ1n) is 11.4. The lowest BCUT2D eigenvalue weighted by Gasteiger charge is -2.40. The number of rotatable bonds is 4. The molecule has 0 spiro atoms. The Kier molecular flexibility index (Phi) is 7.08. The molecule has 13 nitrogen and oxygen atoms in total. The first-order chi connectivity index (χ1) is 17.2. The van der Waals surface area contributed by atoms with Crippen LogP contribution in [0.1, 0.15) is 20.7 Å². The predicted molar refractivity (Wildman–Crippen MR) is 127 cm³/mol. The maximum atomic E-state index is 13.0. The molecular formula is C23H24N6O7. The van der Waals surface area contributed by atoms with E-state index in [9.17, 15) is 34.6 Å². The molecule has 2 heterocycles. The van der Waals surface area contributed by atoms with Crippen molar-refractivity contribution in [1.82, 2.24) is 19.6 Å². The Morgan fingerprint density at radius 2 is 0.806 bits per heavy atom. The number of hydrogen-bond donors (Lipinski definition) is 0. The molecule has 4 amide bonds. The van der Waals surface area contributed by atoms with Gasteiger partial charge in [-0.3, -0.25) is 29.8 Å². The Balaban J connectivity index is 1.26.